The number of hydrogen-bond donors (Lipinski definition) is 0. The number of halogens is 1. The first kappa shape index (κ1) is 27.8. The van der Waals surface area contributed by atoms with Crippen LogP contribution in [-0.4, -0.2) is 52.8 Å². The Bertz CT molecular complexity index is 1600. The van der Waals surface area contributed by atoms with Crippen molar-refractivity contribution < 1.29 is 19.0 Å². The maximum absolute atomic E-state index is 13.5. The molecule has 5 rings (SSSR count). The van der Waals surface area contributed by atoms with E-state index in [1.54, 1.807) is 37.0 Å². The number of carbonyl (C=O) groups is 1. The average molecular weight is 592 g/mol. The monoisotopic (exact) mass is 591 g/mol. The lowest BCUT2D eigenvalue weighted by atomic mass is 10.1. The van der Waals surface area contributed by atoms with Crippen LogP contribution in [0.1, 0.15) is 11.1 Å². The van der Waals surface area contributed by atoms with Crippen LogP contribution in [-0.2, 0) is 11.2 Å². The molecule has 1 aromatic heterocycles. The quantitative estimate of drug-likeness (QED) is 0.159. The minimum Gasteiger partial charge on any atom is -0.495 e. The molecule has 1 saturated heterocycles. The van der Waals surface area contributed by atoms with Crippen molar-refractivity contribution >= 4 is 51.9 Å². The van der Waals surface area contributed by atoms with Gasteiger partial charge in [-0.05, 0) is 60.5 Å². The summed E-state index contributed by atoms with van der Waals surface area (Å²) in [5.74, 6) is 1.74. The Hall–Kier alpha value is -3.79. The molecule has 0 bridgehead atoms. The highest BCUT2D eigenvalue weighted by molar-refractivity contribution is 8.26. The largest absolute Gasteiger partial charge is 0.495 e. The number of methoxy groups -OCH3 is 3. The predicted molar refractivity (Wildman–Crippen MR) is 164 cm³/mol. The topological polar surface area (TPSA) is 65.8 Å². The van der Waals surface area contributed by atoms with E-state index < -0.39 is 0 Å². The third kappa shape index (κ3) is 5.72. The molecule has 0 radical (unpaired) electrons. The second-order valence-electron chi connectivity index (χ2n) is 8.84. The molecule has 40 heavy (non-hydrogen) atoms. The highest BCUT2D eigenvalue weighted by Gasteiger charge is 2.32. The molecule has 10 heteroatoms. The van der Waals surface area contributed by atoms with Crippen LogP contribution >= 0.6 is 35.6 Å². The van der Waals surface area contributed by atoms with Gasteiger partial charge in [0.2, 0.25) is 0 Å². The molecule has 1 fully saturated rings. The molecule has 1 aliphatic heterocycles. The molecule has 0 N–H and O–H groups in total. The number of amides is 1. The summed E-state index contributed by atoms with van der Waals surface area (Å²) in [6, 6.07) is 21.0. The van der Waals surface area contributed by atoms with Crippen molar-refractivity contribution in [3.05, 3.63) is 94.0 Å². The zero-order chi connectivity index (χ0) is 28.2. The highest BCUT2D eigenvalue weighted by Crippen LogP contribution is 2.37. The second-order valence-corrected chi connectivity index (χ2v) is 10.9. The summed E-state index contributed by atoms with van der Waals surface area (Å²) in [7, 11) is 4.77. The SMILES string of the molecule is COc1ccc(-c2nn(-c3ccccc3)cc2C=C2SC(=S)N(CCc3ccc(OC)c(OC)c3)C2=O)cc1Cl. The van der Waals surface area contributed by atoms with Crippen molar-refractivity contribution in [2.75, 3.05) is 27.9 Å². The van der Waals surface area contributed by atoms with Crippen LogP contribution in [0.4, 0.5) is 0 Å². The van der Waals surface area contributed by atoms with Crippen LogP contribution in [0, 0.1) is 0 Å². The lowest BCUT2D eigenvalue weighted by Gasteiger charge is -2.15. The Labute approximate surface area is 247 Å². The molecular formula is C30H26ClN3O4S2. The number of nitrogens with zero attached hydrogens (tertiary/aromatic N) is 3. The number of ether oxygens (including phenoxy) is 3. The van der Waals surface area contributed by atoms with Gasteiger partial charge in [-0.25, -0.2) is 4.68 Å². The van der Waals surface area contributed by atoms with Gasteiger partial charge in [-0.2, -0.15) is 5.10 Å². The van der Waals surface area contributed by atoms with E-state index >= 15 is 0 Å². The number of carbonyl (C=O) groups excluding carboxylic acids is 1. The highest BCUT2D eigenvalue weighted by atomic mass is 35.5. The van der Waals surface area contributed by atoms with Gasteiger partial charge < -0.3 is 14.2 Å². The zero-order valence-corrected chi connectivity index (χ0v) is 24.5. The minimum atomic E-state index is -0.137. The molecule has 0 atom stereocenters. The Morgan fingerprint density at radius 1 is 0.950 bits per heavy atom. The van der Waals surface area contributed by atoms with Crippen LogP contribution < -0.4 is 14.2 Å². The molecule has 1 aliphatic rings. The standard InChI is InChI=1S/C30H26ClN3O4S2/c1-36-24-12-10-20(16-23(24)31)28-21(18-34(32-28)22-7-5-4-6-8-22)17-27-29(35)33(30(39)40-27)14-13-19-9-11-25(37-2)26(15-19)38-3/h4-12,15-18H,13-14H2,1-3H3. The summed E-state index contributed by atoms with van der Waals surface area (Å²) in [5, 5.41) is 5.32. The molecule has 0 spiro atoms. The van der Waals surface area contributed by atoms with E-state index in [1.165, 1.54) is 11.8 Å². The van der Waals surface area contributed by atoms with Crippen LogP contribution in [0.15, 0.2) is 77.8 Å². The third-order valence-electron chi connectivity index (χ3n) is 6.42. The number of hydrogen-bond acceptors (Lipinski definition) is 7. The first-order valence-corrected chi connectivity index (χ1v) is 14.0. The Morgan fingerprint density at radius 2 is 1.68 bits per heavy atom. The summed E-state index contributed by atoms with van der Waals surface area (Å²) in [6.07, 6.45) is 4.36. The smallest absolute Gasteiger partial charge is 0.266 e. The van der Waals surface area contributed by atoms with E-state index in [2.05, 4.69) is 0 Å². The summed E-state index contributed by atoms with van der Waals surface area (Å²) in [6.45, 7) is 0.446. The fraction of sp³-hybridized carbons (Fsp3) is 0.167. The second kappa shape index (κ2) is 12.2. The molecule has 0 aliphatic carbocycles. The van der Waals surface area contributed by atoms with Crippen molar-refractivity contribution in [2.24, 2.45) is 0 Å². The van der Waals surface area contributed by atoms with Crippen molar-refractivity contribution in [2.45, 2.75) is 6.42 Å². The Morgan fingerprint density at radius 3 is 2.38 bits per heavy atom. The number of rotatable bonds is 9. The van der Waals surface area contributed by atoms with Crippen LogP contribution in [0.2, 0.25) is 5.02 Å². The van der Waals surface area contributed by atoms with Crippen molar-refractivity contribution in [1.82, 2.24) is 14.7 Å². The molecule has 3 aromatic carbocycles. The Kier molecular flexibility index (Phi) is 8.44. The van der Waals surface area contributed by atoms with Gasteiger partial charge in [-0.3, -0.25) is 9.69 Å². The number of para-hydroxylation sites is 1. The molecule has 7 nitrogen and oxygen atoms in total. The van der Waals surface area contributed by atoms with Crippen molar-refractivity contribution in [3.63, 3.8) is 0 Å². The fourth-order valence-electron chi connectivity index (χ4n) is 4.35. The predicted octanol–water partition coefficient (Wildman–Crippen LogP) is 6.66. The lowest BCUT2D eigenvalue weighted by Crippen LogP contribution is -2.30. The third-order valence-corrected chi connectivity index (χ3v) is 8.09. The van der Waals surface area contributed by atoms with E-state index in [1.807, 2.05) is 72.9 Å². The van der Waals surface area contributed by atoms with Gasteiger partial charge >= 0.3 is 0 Å². The van der Waals surface area contributed by atoms with E-state index in [0.717, 1.165) is 22.4 Å². The molecule has 204 valence electrons. The molecular weight excluding hydrogens is 566 g/mol. The zero-order valence-electron chi connectivity index (χ0n) is 22.1. The van der Waals surface area contributed by atoms with Gasteiger partial charge in [0.05, 0.1) is 36.9 Å². The number of thioether (sulfide) groups is 1. The molecule has 0 unspecified atom stereocenters. The summed E-state index contributed by atoms with van der Waals surface area (Å²) < 4.78 is 18.3. The normalized spacial score (nSPS) is 14.2. The molecule has 2 heterocycles. The maximum atomic E-state index is 13.5. The number of benzene rings is 3. The molecule has 1 amide bonds. The van der Waals surface area contributed by atoms with Gasteiger partial charge in [-0.1, -0.05) is 59.8 Å². The molecule has 4 aromatic rings. The van der Waals surface area contributed by atoms with Crippen molar-refractivity contribution in [1.29, 1.82) is 0 Å². The first-order valence-electron chi connectivity index (χ1n) is 12.4. The van der Waals surface area contributed by atoms with E-state index in [4.69, 9.17) is 43.1 Å². The first-order chi connectivity index (χ1) is 19.4. The van der Waals surface area contributed by atoms with Gasteiger partial charge in [0, 0.05) is 23.9 Å². The minimum absolute atomic E-state index is 0.137. The summed E-state index contributed by atoms with van der Waals surface area (Å²) >= 11 is 13.3. The van der Waals surface area contributed by atoms with E-state index in [0.29, 0.717) is 50.2 Å². The van der Waals surface area contributed by atoms with Gasteiger partial charge in [0.25, 0.3) is 5.91 Å². The summed E-state index contributed by atoms with van der Waals surface area (Å²) in [5.41, 5.74) is 4.16. The van der Waals surface area contributed by atoms with Gasteiger partial charge in [-0.15, -0.1) is 0 Å². The van der Waals surface area contributed by atoms with Gasteiger partial charge in [0.1, 0.15) is 15.8 Å². The number of aromatic nitrogens is 2. The maximum Gasteiger partial charge on any atom is 0.266 e. The molecule has 0 saturated carbocycles. The Balaban J connectivity index is 1.44. The van der Waals surface area contributed by atoms with Crippen molar-refractivity contribution in [3.8, 4) is 34.2 Å². The van der Waals surface area contributed by atoms with Gasteiger partial charge in [0.15, 0.2) is 11.5 Å². The fourth-order valence-corrected chi connectivity index (χ4v) is 5.91. The van der Waals surface area contributed by atoms with E-state index in [-0.39, 0.29) is 5.91 Å². The average Bonchev–Trinajstić information content (AvgIpc) is 3.52. The van der Waals surface area contributed by atoms with Crippen LogP contribution in [0.5, 0.6) is 17.2 Å². The number of thiocarbonyl (C=S) groups is 1. The van der Waals surface area contributed by atoms with E-state index in [9.17, 15) is 4.79 Å². The van der Waals surface area contributed by atoms with Crippen LogP contribution in [0.25, 0.3) is 23.0 Å². The lowest BCUT2D eigenvalue weighted by molar-refractivity contribution is -0.122. The summed E-state index contributed by atoms with van der Waals surface area (Å²) in [4.78, 5) is 15.6. The van der Waals surface area contributed by atoms with Crippen LogP contribution in [0.3, 0.4) is 0 Å².